The van der Waals surface area contributed by atoms with E-state index in [0.717, 1.165) is 28.0 Å². The van der Waals surface area contributed by atoms with Gasteiger partial charge in [0.1, 0.15) is 0 Å². The summed E-state index contributed by atoms with van der Waals surface area (Å²) in [6.07, 6.45) is 1.96. The number of rotatable bonds is 3. The lowest BCUT2D eigenvalue weighted by Crippen LogP contribution is -2.58. The third-order valence-corrected chi connectivity index (χ3v) is 6.33. The Hall–Kier alpha value is -3.21. The van der Waals surface area contributed by atoms with Gasteiger partial charge in [-0.3, -0.25) is 9.69 Å². The zero-order valence-corrected chi connectivity index (χ0v) is 18.5. The maximum absolute atomic E-state index is 14.0. The summed E-state index contributed by atoms with van der Waals surface area (Å²) < 4.78 is 0. The van der Waals surface area contributed by atoms with Crippen LogP contribution in [-0.2, 0) is 9.63 Å². The van der Waals surface area contributed by atoms with E-state index in [1.807, 2.05) is 98.1 Å². The molecule has 5 rings (SSSR count). The molecule has 1 fully saturated rings. The first-order valence-electron chi connectivity index (χ1n) is 10.6. The zero-order chi connectivity index (χ0) is 22.1. The van der Waals surface area contributed by atoms with Crippen molar-refractivity contribution < 1.29 is 9.63 Å². The first-order chi connectivity index (χ1) is 15.6. The van der Waals surface area contributed by atoms with Crippen LogP contribution >= 0.6 is 11.6 Å². The molecule has 0 amide bonds. The van der Waals surface area contributed by atoms with Gasteiger partial charge in [-0.15, -0.1) is 0 Å². The second-order valence-corrected chi connectivity index (χ2v) is 8.83. The Balaban J connectivity index is 1.62. The van der Waals surface area contributed by atoms with Gasteiger partial charge in [0.2, 0.25) is 11.4 Å². The summed E-state index contributed by atoms with van der Waals surface area (Å²) in [5, 5.41) is 5.15. The van der Waals surface area contributed by atoms with E-state index in [4.69, 9.17) is 16.4 Å². The van der Waals surface area contributed by atoms with Crippen LogP contribution < -0.4 is 0 Å². The molecule has 1 spiro atoms. The minimum atomic E-state index is -1.12. The highest BCUT2D eigenvalue weighted by Crippen LogP contribution is 2.44. The molecule has 5 heteroatoms. The average molecular weight is 443 g/mol. The zero-order valence-electron chi connectivity index (χ0n) is 17.7. The molecule has 2 aliphatic rings. The van der Waals surface area contributed by atoms with Crippen molar-refractivity contribution in [2.75, 3.05) is 20.1 Å². The van der Waals surface area contributed by atoms with Gasteiger partial charge in [0.25, 0.3) is 0 Å². The summed E-state index contributed by atoms with van der Waals surface area (Å²) in [5.74, 6) is -0.347. The van der Waals surface area contributed by atoms with Crippen LogP contribution in [-0.4, -0.2) is 42.1 Å². The van der Waals surface area contributed by atoms with Gasteiger partial charge in [-0.1, -0.05) is 89.6 Å². The first kappa shape index (κ1) is 20.7. The van der Waals surface area contributed by atoms with E-state index < -0.39 is 5.60 Å². The Kier molecular flexibility index (Phi) is 5.41. The van der Waals surface area contributed by atoms with Gasteiger partial charge in [0, 0.05) is 29.2 Å². The summed E-state index contributed by atoms with van der Waals surface area (Å²) in [6, 6.07) is 27.5. The third kappa shape index (κ3) is 3.66. The Labute approximate surface area is 192 Å². The number of oxime groups is 1. The number of hydrogen-bond acceptors (Lipinski definition) is 4. The SMILES string of the molecule is CN1C/C(=C/c2ccccc2)C(=O)[C@]2(C1)ON=C(c1ccc(Cl)cc1)[C@H]2c1ccccc1. The summed E-state index contributed by atoms with van der Waals surface area (Å²) in [6.45, 7) is 1.02. The number of likely N-dealkylation sites (N-methyl/N-ethyl adjacent to an activating group) is 1. The van der Waals surface area contributed by atoms with Gasteiger partial charge in [0.15, 0.2) is 0 Å². The van der Waals surface area contributed by atoms with Gasteiger partial charge >= 0.3 is 0 Å². The smallest absolute Gasteiger partial charge is 0.224 e. The molecule has 2 aliphatic heterocycles. The maximum Gasteiger partial charge on any atom is 0.224 e. The summed E-state index contributed by atoms with van der Waals surface area (Å²) in [5.41, 5.74) is 3.24. The molecule has 0 saturated carbocycles. The summed E-state index contributed by atoms with van der Waals surface area (Å²) >= 11 is 6.11. The predicted octanol–water partition coefficient (Wildman–Crippen LogP) is 5.20. The fraction of sp³-hybridized carbons (Fsp3) is 0.185. The lowest BCUT2D eigenvalue weighted by Gasteiger charge is -2.40. The number of likely N-dealkylation sites (tertiary alicyclic amines) is 1. The molecular weight excluding hydrogens is 420 g/mol. The molecule has 3 aromatic rings. The fourth-order valence-corrected chi connectivity index (χ4v) is 4.81. The van der Waals surface area contributed by atoms with Crippen LogP contribution in [0.4, 0.5) is 0 Å². The minimum absolute atomic E-state index is 0.0129. The lowest BCUT2D eigenvalue weighted by atomic mass is 9.71. The predicted molar refractivity (Wildman–Crippen MR) is 128 cm³/mol. The Morgan fingerprint density at radius 2 is 1.66 bits per heavy atom. The highest BCUT2D eigenvalue weighted by molar-refractivity contribution is 6.30. The lowest BCUT2D eigenvalue weighted by molar-refractivity contribution is -0.144. The number of hydrogen-bond donors (Lipinski definition) is 0. The number of carbonyl (C=O) groups excluding carboxylic acids is 1. The van der Waals surface area contributed by atoms with Crippen LogP contribution in [0.25, 0.3) is 6.08 Å². The second-order valence-electron chi connectivity index (χ2n) is 8.39. The van der Waals surface area contributed by atoms with E-state index in [1.165, 1.54) is 0 Å². The quantitative estimate of drug-likeness (QED) is 0.524. The van der Waals surface area contributed by atoms with Crippen molar-refractivity contribution >= 4 is 29.2 Å². The van der Waals surface area contributed by atoms with Gasteiger partial charge in [-0.2, -0.15) is 0 Å². The summed E-state index contributed by atoms with van der Waals surface area (Å²) in [4.78, 5) is 22.3. The summed E-state index contributed by atoms with van der Waals surface area (Å²) in [7, 11) is 2.01. The molecule has 2 heterocycles. The van der Waals surface area contributed by atoms with E-state index >= 15 is 0 Å². The van der Waals surface area contributed by atoms with Crippen LogP contribution in [0.2, 0.25) is 5.02 Å². The fourth-order valence-electron chi connectivity index (χ4n) is 4.69. The molecule has 160 valence electrons. The Morgan fingerprint density at radius 3 is 2.34 bits per heavy atom. The average Bonchev–Trinajstić information content (AvgIpc) is 3.18. The molecule has 0 unspecified atom stereocenters. The van der Waals surface area contributed by atoms with Crippen molar-refractivity contribution in [1.29, 1.82) is 0 Å². The largest absolute Gasteiger partial charge is 0.378 e. The Morgan fingerprint density at radius 1 is 1.00 bits per heavy atom. The molecule has 0 bridgehead atoms. The highest BCUT2D eigenvalue weighted by atomic mass is 35.5. The van der Waals surface area contributed by atoms with E-state index in [9.17, 15) is 4.79 Å². The molecule has 3 aromatic carbocycles. The highest BCUT2D eigenvalue weighted by Gasteiger charge is 2.58. The van der Waals surface area contributed by atoms with Crippen molar-refractivity contribution in [3.05, 3.63) is 112 Å². The number of carbonyl (C=O) groups is 1. The van der Waals surface area contributed by atoms with Crippen LogP contribution in [0, 0.1) is 0 Å². The number of halogens is 1. The molecular formula is C27H23ClN2O2. The van der Waals surface area contributed by atoms with Gasteiger partial charge < -0.3 is 4.84 Å². The van der Waals surface area contributed by atoms with E-state index in [-0.39, 0.29) is 11.7 Å². The van der Waals surface area contributed by atoms with Crippen LogP contribution in [0.5, 0.6) is 0 Å². The van der Waals surface area contributed by atoms with Crippen LogP contribution in [0.1, 0.15) is 22.6 Å². The minimum Gasteiger partial charge on any atom is -0.378 e. The molecule has 0 aromatic heterocycles. The normalized spacial score (nSPS) is 24.6. The maximum atomic E-state index is 14.0. The number of Topliss-reactive ketones (excluding diaryl/α,β-unsaturated/α-hetero) is 1. The molecule has 2 atom stereocenters. The van der Waals surface area contributed by atoms with Crippen LogP contribution in [0.3, 0.4) is 0 Å². The number of ketones is 1. The Bertz CT molecular complexity index is 1190. The van der Waals surface area contributed by atoms with Gasteiger partial charge in [0.05, 0.1) is 11.6 Å². The molecule has 0 radical (unpaired) electrons. The van der Waals surface area contributed by atoms with Crippen LogP contribution in [0.15, 0.2) is 95.7 Å². The second kappa shape index (κ2) is 8.38. The molecule has 0 aliphatic carbocycles. The third-order valence-electron chi connectivity index (χ3n) is 6.08. The van der Waals surface area contributed by atoms with Crippen molar-refractivity contribution in [2.24, 2.45) is 5.16 Å². The molecule has 1 saturated heterocycles. The van der Waals surface area contributed by atoms with Gasteiger partial charge in [-0.05, 0) is 36.4 Å². The molecule has 0 N–H and O–H groups in total. The standard InChI is InChI=1S/C27H23ClN2O2/c1-30-17-22(16-19-8-4-2-5-9-19)26(31)27(18-30)24(20-10-6-3-7-11-20)25(29-32-27)21-12-14-23(28)15-13-21/h2-16,24H,17-18H2,1H3/b22-16-/t24-,27-/m1/s1. The van der Waals surface area contributed by atoms with Gasteiger partial charge in [-0.25, -0.2) is 0 Å². The van der Waals surface area contributed by atoms with Crippen molar-refractivity contribution in [3.63, 3.8) is 0 Å². The number of benzene rings is 3. The molecule has 4 nitrogen and oxygen atoms in total. The monoisotopic (exact) mass is 442 g/mol. The van der Waals surface area contributed by atoms with Crippen molar-refractivity contribution in [3.8, 4) is 0 Å². The van der Waals surface area contributed by atoms with Crippen molar-refractivity contribution in [2.45, 2.75) is 11.5 Å². The van der Waals surface area contributed by atoms with Crippen molar-refractivity contribution in [1.82, 2.24) is 4.90 Å². The van der Waals surface area contributed by atoms with E-state index in [2.05, 4.69) is 10.1 Å². The van der Waals surface area contributed by atoms with E-state index in [0.29, 0.717) is 18.1 Å². The first-order valence-corrected chi connectivity index (χ1v) is 11.0. The topological polar surface area (TPSA) is 41.9 Å². The number of nitrogens with zero attached hydrogens (tertiary/aromatic N) is 2. The molecule has 32 heavy (non-hydrogen) atoms. The number of piperidine rings is 1. The van der Waals surface area contributed by atoms with E-state index in [1.54, 1.807) is 0 Å².